The van der Waals surface area contributed by atoms with Crippen molar-refractivity contribution in [3.63, 3.8) is 0 Å². The van der Waals surface area contributed by atoms with E-state index in [1.165, 1.54) is 0 Å². The van der Waals surface area contributed by atoms with E-state index in [2.05, 4.69) is 10.3 Å². The molecule has 1 aromatic heterocycles. The van der Waals surface area contributed by atoms with Crippen LogP contribution in [0.15, 0.2) is 72.1 Å². The van der Waals surface area contributed by atoms with E-state index in [0.717, 1.165) is 32.7 Å². The molecule has 1 N–H and O–H groups in total. The third-order valence-corrected chi connectivity index (χ3v) is 4.93. The summed E-state index contributed by atoms with van der Waals surface area (Å²) < 4.78 is 5.64. The average Bonchev–Trinajstić information content (AvgIpc) is 3.13. The minimum Gasteiger partial charge on any atom is -0.484 e. The lowest BCUT2D eigenvalue weighted by molar-refractivity contribution is -0.118. The number of hydrogen-bond donors (Lipinski definition) is 1. The fourth-order valence-corrected chi connectivity index (χ4v) is 3.48. The van der Waals surface area contributed by atoms with Crippen molar-refractivity contribution in [3.8, 4) is 17.0 Å². The van der Waals surface area contributed by atoms with Gasteiger partial charge in [-0.1, -0.05) is 42.5 Å². The Balaban J connectivity index is 1.40. The molecule has 3 aromatic carbocycles. The molecule has 0 radical (unpaired) electrons. The van der Waals surface area contributed by atoms with Gasteiger partial charge >= 0.3 is 0 Å². The molecular weight excluding hydrogens is 356 g/mol. The number of rotatable bonds is 5. The van der Waals surface area contributed by atoms with Crippen molar-refractivity contribution in [1.29, 1.82) is 0 Å². The van der Waals surface area contributed by atoms with Gasteiger partial charge in [0, 0.05) is 16.6 Å². The maximum Gasteiger partial charge on any atom is 0.262 e. The van der Waals surface area contributed by atoms with Crippen LogP contribution in [0.3, 0.4) is 0 Å². The van der Waals surface area contributed by atoms with Gasteiger partial charge in [-0.15, -0.1) is 11.3 Å². The monoisotopic (exact) mass is 374 g/mol. The number of hydrogen-bond acceptors (Lipinski definition) is 4. The third kappa shape index (κ3) is 4.15. The van der Waals surface area contributed by atoms with Gasteiger partial charge in [0.2, 0.25) is 0 Å². The summed E-state index contributed by atoms with van der Waals surface area (Å²) in [5, 5.41) is 8.13. The summed E-state index contributed by atoms with van der Waals surface area (Å²) in [6.45, 7) is 1.93. The van der Waals surface area contributed by atoms with Gasteiger partial charge in [0.05, 0.1) is 10.7 Å². The van der Waals surface area contributed by atoms with Crippen LogP contribution >= 0.6 is 11.3 Å². The number of nitrogens with one attached hydrogen (secondary N) is 1. The number of carbonyl (C=O) groups excluding carboxylic acids is 1. The van der Waals surface area contributed by atoms with Gasteiger partial charge in [0.25, 0.3) is 5.91 Å². The topological polar surface area (TPSA) is 51.2 Å². The smallest absolute Gasteiger partial charge is 0.262 e. The van der Waals surface area contributed by atoms with Crippen molar-refractivity contribution in [3.05, 3.63) is 77.1 Å². The molecule has 0 aliphatic carbocycles. The highest BCUT2D eigenvalue weighted by Gasteiger charge is 2.07. The van der Waals surface area contributed by atoms with Crippen molar-refractivity contribution in [2.75, 3.05) is 11.9 Å². The van der Waals surface area contributed by atoms with Crippen LogP contribution in [0.1, 0.15) is 5.01 Å². The predicted molar refractivity (Wildman–Crippen MR) is 110 cm³/mol. The number of thiazole rings is 1. The van der Waals surface area contributed by atoms with Gasteiger partial charge in [-0.2, -0.15) is 0 Å². The molecule has 1 amide bonds. The fourth-order valence-electron chi connectivity index (χ4n) is 2.86. The predicted octanol–water partition coefficient (Wildman–Crippen LogP) is 5.29. The molecule has 0 unspecified atom stereocenters. The molecule has 4 nitrogen and oxygen atoms in total. The zero-order valence-corrected chi connectivity index (χ0v) is 15.6. The van der Waals surface area contributed by atoms with Gasteiger partial charge in [-0.05, 0) is 42.0 Å². The molecule has 0 aliphatic rings. The molecule has 0 atom stereocenters. The Labute approximate surface area is 161 Å². The van der Waals surface area contributed by atoms with Crippen LogP contribution in [-0.4, -0.2) is 17.5 Å². The lowest BCUT2D eigenvalue weighted by atomic mass is 10.1. The van der Waals surface area contributed by atoms with Crippen LogP contribution in [0.5, 0.6) is 5.75 Å². The van der Waals surface area contributed by atoms with Crippen molar-refractivity contribution in [1.82, 2.24) is 4.98 Å². The quantitative estimate of drug-likeness (QED) is 0.516. The average molecular weight is 374 g/mol. The van der Waals surface area contributed by atoms with Crippen LogP contribution < -0.4 is 10.1 Å². The first-order valence-corrected chi connectivity index (χ1v) is 9.49. The lowest BCUT2D eigenvalue weighted by Gasteiger charge is -2.09. The Bertz CT molecular complexity index is 1100. The summed E-state index contributed by atoms with van der Waals surface area (Å²) in [7, 11) is 0. The second-order valence-electron chi connectivity index (χ2n) is 6.18. The van der Waals surface area contributed by atoms with Crippen molar-refractivity contribution in [2.45, 2.75) is 6.92 Å². The second kappa shape index (κ2) is 7.60. The molecule has 0 bridgehead atoms. The molecule has 0 fully saturated rings. The third-order valence-electron chi connectivity index (χ3n) is 4.15. The summed E-state index contributed by atoms with van der Waals surface area (Å²) in [5.74, 6) is 0.477. The van der Waals surface area contributed by atoms with Gasteiger partial charge in [0.1, 0.15) is 5.75 Å². The Morgan fingerprint density at radius 2 is 1.89 bits per heavy atom. The minimum absolute atomic E-state index is 0.0433. The number of amides is 1. The zero-order chi connectivity index (χ0) is 18.6. The molecule has 4 aromatic rings. The van der Waals surface area contributed by atoms with Gasteiger partial charge in [-0.25, -0.2) is 4.98 Å². The molecular formula is C22H18N2O2S. The van der Waals surface area contributed by atoms with Crippen LogP contribution in [0.4, 0.5) is 5.69 Å². The summed E-state index contributed by atoms with van der Waals surface area (Å²) in [5.41, 5.74) is 2.62. The van der Waals surface area contributed by atoms with Crippen LogP contribution in [-0.2, 0) is 4.79 Å². The van der Waals surface area contributed by atoms with E-state index in [1.807, 2.05) is 79.0 Å². The first kappa shape index (κ1) is 17.2. The molecule has 0 spiro atoms. The standard InChI is InChI=1S/C22H18N2O2S/c1-15-23-21(14-27-15)18-7-4-8-19(11-18)24-22(25)13-26-20-10-9-16-5-2-3-6-17(16)12-20/h2-12,14H,13H2,1H3,(H,24,25). The van der Waals surface area contributed by atoms with E-state index in [1.54, 1.807) is 11.3 Å². The Morgan fingerprint density at radius 1 is 1.04 bits per heavy atom. The number of aromatic nitrogens is 1. The molecule has 4 rings (SSSR count). The SMILES string of the molecule is Cc1nc(-c2cccc(NC(=O)COc3ccc4ccccc4c3)c2)cs1. The molecule has 0 saturated heterocycles. The summed E-state index contributed by atoms with van der Waals surface area (Å²) in [6, 6.07) is 21.5. The molecule has 1 heterocycles. The number of nitrogens with zero attached hydrogens (tertiary/aromatic N) is 1. The maximum atomic E-state index is 12.3. The van der Waals surface area contributed by atoms with E-state index in [0.29, 0.717) is 5.75 Å². The fraction of sp³-hybridized carbons (Fsp3) is 0.0909. The number of anilines is 1. The summed E-state index contributed by atoms with van der Waals surface area (Å²) >= 11 is 1.61. The molecule has 0 aliphatic heterocycles. The Morgan fingerprint density at radius 3 is 2.70 bits per heavy atom. The molecule has 134 valence electrons. The van der Waals surface area contributed by atoms with Crippen molar-refractivity contribution in [2.24, 2.45) is 0 Å². The van der Waals surface area contributed by atoms with E-state index in [9.17, 15) is 4.79 Å². The zero-order valence-electron chi connectivity index (χ0n) is 14.8. The van der Waals surface area contributed by atoms with Gasteiger partial charge in [0.15, 0.2) is 6.61 Å². The van der Waals surface area contributed by atoms with Crippen LogP contribution in [0, 0.1) is 6.92 Å². The van der Waals surface area contributed by atoms with E-state index < -0.39 is 0 Å². The Kier molecular flexibility index (Phi) is 4.85. The highest BCUT2D eigenvalue weighted by atomic mass is 32.1. The maximum absolute atomic E-state index is 12.3. The van der Waals surface area contributed by atoms with Crippen molar-refractivity contribution >= 4 is 33.7 Å². The van der Waals surface area contributed by atoms with Crippen LogP contribution in [0.25, 0.3) is 22.0 Å². The van der Waals surface area contributed by atoms with E-state index in [4.69, 9.17) is 4.74 Å². The number of fused-ring (bicyclic) bond motifs is 1. The number of benzene rings is 3. The molecule has 5 heteroatoms. The Hall–Kier alpha value is -3.18. The highest BCUT2D eigenvalue weighted by molar-refractivity contribution is 7.09. The van der Waals surface area contributed by atoms with Crippen molar-refractivity contribution < 1.29 is 9.53 Å². The van der Waals surface area contributed by atoms with Crippen LogP contribution in [0.2, 0.25) is 0 Å². The highest BCUT2D eigenvalue weighted by Crippen LogP contribution is 2.24. The minimum atomic E-state index is -0.199. The second-order valence-corrected chi connectivity index (χ2v) is 7.24. The lowest BCUT2D eigenvalue weighted by Crippen LogP contribution is -2.20. The van der Waals surface area contributed by atoms with E-state index >= 15 is 0 Å². The summed E-state index contributed by atoms with van der Waals surface area (Å²) in [4.78, 5) is 16.7. The number of ether oxygens (including phenoxy) is 1. The number of carbonyl (C=O) groups is 1. The first-order chi connectivity index (χ1) is 13.2. The van der Waals surface area contributed by atoms with Gasteiger partial charge in [-0.3, -0.25) is 4.79 Å². The molecule has 27 heavy (non-hydrogen) atoms. The first-order valence-electron chi connectivity index (χ1n) is 8.61. The summed E-state index contributed by atoms with van der Waals surface area (Å²) in [6.07, 6.45) is 0. The normalized spacial score (nSPS) is 10.7. The number of aryl methyl sites for hydroxylation is 1. The van der Waals surface area contributed by atoms with Gasteiger partial charge < -0.3 is 10.1 Å². The molecule has 0 saturated carbocycles. The van der Waals surface area contributed by atoms with E-state index in [-0.39, 0.29) is 12.5 Å². The largest absolute Gasteiger partial charge is 0.484 e.